The van der Waals surface area contributed by atoms with E-state index >= 15 is 0 Å². The van der Waals surface area contributed by atoms with Gasteiger partial charge in [-0.05, 0) is 36.5 Å². The number of rotatable bonds is 6. The minimum absolute atomic E-state index is 0.0783. The zero-order valence-electron chi connectivity index (χ0n) is 10.9. The standard InChI is InChI=1S/C14H20FNO2/c1-10(2)13(16)14(17)18-9-3-4-11-5-7-12(15)8-6-11/h5-8,10,13H,3-4,9,16H2,1-2H3. The fraction of sp³-hybridized carbons (Fsp3) is 0.500. The highest BCUT2D eigenvalue weighted by Gasteiger charge is 2.18. The summed E-state index contributed by atoms with van der Waals surface area (Å²) in [6, 6.07) is 5.76. The van der Waals surface area contributed by atoms with E-state index in [1.165, 1.54) is 12.1 Å². The quantitative estimate of drug-likeness (QED) is 0.625. The second kappa shape index (κ2) is 7.11. The molecule has 0 amide bonds. The van der Waals surface area contributed by atoms with Crippen LogP contribution in [0.1, 0.15) is 25.8 Å². The number of halogens is 1. The molecule has 0 heterocycles. The summed E-state index contributed by atoms with van der Waals surface area (Å²) in [6.07, 6.45) is 1.46. The number of ether oxygens (including phenoxy) is 1. The maximum absolute atomic E-state index is 12.7. The van der Waals surface area contributed by atoms with E-state index in [0.717, 1.165) is 12.0 Å². The van der Waals surface area contributed by atoms with Crippen molar-refractivity contribution >= 4 is 5.97 Å². The third-order valence-electron chi connectivity index (χ3n) is 2.76. The molecule has 0 fully saturated rings. The zero-order chi connectivity index (χ0) is 13.5. The van der Waals surface area contributed by atoms with Gasteiger partial charge >= 0.3 is 5.97 Å². The molecule has 4 heteroatoms. The lowest BCUT2D eigenvalue weighted by Gasteiger charge is -2.14. The highest BCUT2D eigenvalue weighted by atomic mass is 19.1. The third kappa shape index (κ3) is 4.84. The average Bonchev–Trinajstić information content (AvgIpc) is 2.35. The maximum atomic E-state index is 12.7. The van der Waals surface area contributed by atoms with Crippen LogP contribution in [0.2, 0.25) is 0 Å². The number of aryl methyl sites for hydroxylation is 1. The van der Waals surface area contributed by atoms with Crippen molar-refractivity contribution in [3.05, 3.63) is 35.6 Å². The van der Waals surface area contributed by atoms with Crippen LogP contribution >= 0.6 is 0 Å². The van der Waals surface area contributed by atoms with Gasteiger partial charge in [-0.1, -0.05) is 26.0 Å². The summed E-state index contributed by atoms with van der Waals surface area (Å²) >= 11 is 0. The van der Waals surface area contributed by atoms with Crippen LogP contribution in [0.5, 0.6) is 0 Å². The van der Waals surface area contributed by atoms with Crippen molar-refractivity contribution < 1.29 is 13.9 Å². The predicted octanol–water partition coefficient (Wildman–Crippen LogP) is 2.28. The fourth-order valence-electron chi connectivity index (χ4n) is 1.47. The van der Waals surface area contributed by atoms with Gasteiger partial charge in [-0.2, -0.15) is 0 Å². The number of esters is 1. The smallest absolute Gasteiger partial charge is 0.323 e. The molecule has 1 aromatic rings. The van der Waals surface area contributed by atoms with E-state index in [1.807, 2.05) is 13.8 Å². The fourth-order valence-corrected chi connectivity index (χ4v) is 1.47. The molecule has 18 heavy (non-hydrogen) atoms. The highest BCUT2D eigenvalue weighted by molar-refractivity contribution is 5.75. The largest absolute Gasteiger partial charge is 0.465 e. The van der Waals surface area contributed by atoms with E-state index in [-0.39, 0.29) is 17.7 Å². The van der Waals surface area contributed by atoms with Crippen molar-refractivity contribution in [1.82, 2.24) is 0 Å². The van der Waals surface area contributed by atoms with Crippen LogP contribution in [-0.2, 0) is 16.0 Å². The first-order valence-corrected chi connectivity index (χ1v) is 6.17. The molecule has 3 nitrogen and oxygen atoms in total. The number of hydrogen-bond donors (Lipinski definition) is 1. The van der Waals surface area contributed by atoms with Crippen LogP contribution in [0.15, 0.2) is 24.3 Å². The molecule has 0 bridgehead atoms. The van der Waals surface area contributed by atoms with E-state index in [4.69, 9.17) is 10.5 Å². The van der Waals surface area contributed by atoms with Crippen molar-refractivity contribution in [2.75, 3.05) is 6.61 Å². The van der Waals surface area contributed by atoms with Crippen molar-refractivity contribution in [2.24, 2.45) is 11.7 Å². The molecule has 1 unspecified atom stereocenters. The molecule has 0 radical (unpaired) electrons. The topological polar surface area (TPSA) is 52.3 Å². The van der Waals surface area contributed by atoms with Gasteiger partial charge in [0, 0.05) is 0 Å². The van der Waals surface area contributed by atoms with Gasteiger partial charge < -0.3 is 10.5 Å². The predicted molar refractivity (Wildman–Crippen MR) is 68.5 cm³/mol. The van der Waals surface area contributed by atoms with Gasteiger partial charge in [0.05, 0.1) is 6.61 Å². The Labute approximate surface area is 107 Å². The minimum atomic E-state index is -0.559. The van der Waals surface area contributed by atoms with Crippen LogP contribution in [0.25, 0.3) is 0 Å². The van der Waals surface area contributed by atoms with Gasteiger partial charge in [-0.3, -0.25) is 4.79 Å². The van der Waals surface area contributed by atoms with E-state index in [0.29, 0.717) is 13.0 Å². The van der Waals surface area contributed by atoms with Crippen LogP contribution in [0.4, 0.5) is 4.39 Å². The minimum Gasteiger partial charge on any atom is -0.465 e. The molecule has 100 valence electrons. The first kappa shape index (κ1) is 14.6. The normalized spacial score (nSPS) is 12.5. The summed E-state index contributed by atoms with van der Waals surface area (Å²) in [7, 11) is 0. The van der Waals surface area contributed by atoms with E-state index in [9.17, 15) is 9.18 Å². The van der Waals surface area contributed by atoms with Crippen LogP contribution < -0.4 is 5.73 Å². The molecule has 2 N–H and O–H groups in total. The van der Waals surface area contributed by atoms with Gasteiger partial charge in [0.2, 0.25) is 0 Å². The second-order valence-corrected chi connectivity index (χ2v) is 4.67. The molecule has 0 spiro atoms. The Morgan fingerprint density at radius 1 is 1.33 bits per heavy atom. The SMILES string of the molecule is CC(C)C(N)C(=O)OCCCc1ccc(F)cc1. The van der Waals surface area contributed by atoms with Gasteiger partial charge in [0.25, 0.3) is 0 Å². The van der Waals surface area contributed by atoms with Crippen LogP contribution in [0.3, 0.4) is 0 Å². The summed E-state index contributed by atoms with van der Waals surface area (Å²) < 4.78 is 17.7. The Bertz CT molecular complexity index is 376. The van der Waals surface area contributed by atoms with Gasteiger partial charge in [0.15, 0.2) is 0 Å². The first-order valence-electron chi connectivity index (χ1n) is 6.17. The van der Waals surface area contributed by atoms with E-state index < -0.39 is 6.04 Å². The number of benzene rings is 1. The summed E-state index contributed by atoms with van der Waals surface area (Å²) in [5, 5.41) is 0. The second-order valence-electron chi connectivity index (χ2n) is 4.67. The van der Waals surface area contributed by atoms with Crippen molar-refractivity contribution in [3.8, 4) is 0 Å². The lowest BCUT2D eigenvalue weighted by Crippen LogP contribution is -2.37. The Kier molecular flexibility index (Phi) is 5.78. The number of carbonyl (C=O) groups is 1. The van der Waals surface area contributed by atoms with E-state index in [2.05, 4.69) is 0 Å². The van der Waals surface area contributed by atoms with Gasteiger partial charge in [0.1, 0.15) is 11.9 Å². The first-order chi connectivity index (χ1) is 8.50. The Morgan fingerprint density at radius 2 is 1.94 bits per heavy atom. The zero-order valence-corrected chi connectivity index (χ0v) is 10.9. The summed E-state index contributed by atoms with van der Waals surface area (Å²) in [6.45, 7) is 4.10. The number of hydrogen-bond acceptors (Lipinski definition) is 3. The Morgan fingerprint density at radius 3 is 2.50 bits per heavy atom. The molecular weight excluding hydrogens is 233 g/mol. The molecule has 0 aliphatic rings. The molecule has 0 aromatic heterocycles. The summed E-state index contributed by atoms with van der Waals surface area (Å²) in [5.74, 6) is -0.521. The monoisotopic (exact) mass is 253 g/mol. The highest BCUT2D eigenvalue weighted by Crippen LogP contribution is 2.06. The molecular formula is C14H20FNO2. The molecule has 1 atom stereocenters. The van der Waals surface area contributed by atoms with Crippen LogP contribution in [0, 0.1) is 11.7 Å². The Hall–Kier alpha value is -1.42. The van der Waals surface area contributed by atoms with Crippen molar-refractivity contribution in [3.63, 3.8) is 0 Å². The van der Waals surface area contributed by atoms with E-state index in [1.54, 1.807) is 12.1 Å². The lowest BCUT2D eigenvalue weighted by molar-refractivity contribution is -0.146. The average molecular weight is 253 g/mol. The summed E-state index contributed by atoms with van der Waals surface area (Å²) in [5.41, 5.74) is 6.68. The van der Waals surface area contributed by atoms with Gasteiger partial charge in [-0.25, -0.2) is 4.39 Å². The van der Waals surface area contributed by atoms with Crippen molar-refractivity contribution in [1.29, 1.82) is 0 Å². The number of carbonyl (C=O) groups excluding carboxylic acids is 1. The van der Waals surface area contributed by atoms with Gasteiger partial charge in [-0.15, -0.1) is 0 Å². The molecule has 0 aliphatic carbocycles. The third-order valence-corrected chi connectivity index (χ3v) is 2.76. The van der Waals surface area contributed by atoms with Crippen molar-refractivity contribution in [2.45, 2.75) is 32.7 Å². The Balaban J connectivity index is 2.23. The molecule has 0 saturated carbocycles. The maximum Gasteiger partial charge on any atom is 0.323 e. The van der Waals surface area contributed by atoms with Crippen LogP contribution in [-0.4, -0.2) is 18.6 Å². The number of nitrogens with two attached hydrogens (primary N) is 1. The summed E-state index contributed by atoms with van der Waals surface area (Å²) in [4.78, 5) is 11.4. The molecule has 1 rings (SSSR count). The molecule has 0 saturated heterocycles. The molecule has 1 aromatic carbocycles. The lowest BCUT2D eigenvalue weighted by atomic mass is 10.1. The molecule has 0 aliphatic heterocycles.